The molecule has 0 fully saturated rings. The maximum Gasteiger partial charge on any atom is 0.406 e. The van der Waals surface area contributed by atoms with E-state index in [1.165, 1.54) is 12.3 Å². The van der Waals surface area contributed by atoms with Crippen LogP contribution in [0, 0.1) is 0 Å². The van der Waals surface area contributed by atoms with Gasteiger partial charge in [0.1, 0.15) is 12.8 Å². The summed E-state index contributed by atoms with van der Waals surface area (Å²) in [5.74, 6) is -0.649. The Kier molecular flexibility index (Phi) is 4.60. The molecule has 0 bridgehead atoms. The molecule has 0 saturated heterocycles. The average molecular weight is 249 g/mol. The summed E-state index contributed by atoms with van der Waals surface area (Å²) < 4.78 is 41.6. The van der Waals surface area contributed by atoms with Gasteiger partial charge in [-0.25, -0.2) is 0 Å². The molecule has 6 heteroatoms. The number of rotatable bonds is 5. The van der Waals surface area contributed by atoms with Crippen LogP contribution in [0.2, 0.25) is 0 Å². The van der Waals surface area contributed by atoms with E-state index < -0.39 is 18.6 Å². The molecule has 0 aliphatic carbocycles. The molecule has 96 valence electrons. The lowest BCUT2D eigenvalue weighted by Crippen LogP contribution is -2.39. The zero-order valence-corrected chi connectivity index (χ0v) is 9.46. The fourth-order valence-electron chi connectivity index (χ4n) is 1.39. The molecule has 0 N–H and O–H groups in total. The van der Waals surface area contributed by atoms with Gasteiger partial charge in [-0.3, -0.25) is 4.79 Å². The summed E-state index contributed by atoms with van der Waals surface area (Å²) in [7, 11) is 0. The summed E-state index contributed by atoms with van der Waals surface area (Å²) in [5.41, 5.74) is 0.144. The lowest BCUT2D eigenvalue weighted by molar-refractivity contribution is -0.140. The Morgan fingerprint density at radius 3 is 2.65 bits per heavy atom. The van der Waals surface area contributed by atoms with Crippen molar-refractivity contribution in [2.24, 2.45) is 0 Å². The van der Waals surface area contributed by atoms with E-state index in [0.717, 1.165) is 17.6 Å². The molecule has 3 nitrogen and oxygen atoms in total. The van der Waals surface area contributed by atoms with Crippen molar-refractivity contribution in [1.82, 2.24) is 4.90 Å². The maximum absolute atomic E-state index is 12.3. The predicted molar refractivity (Wildman–Crippen MR) is 55.6 cm³/mol. The summed E-state index contributed by atoms with van der Waals surface area (Å²) >= 11 is 0. The van der Waals surface area contributed by atoms with E-state index in [-0.39, 0.29) is 12.1 Å². The van der Waals surface area contributed by atoms with Gasteiger partial charge in [0.2, 0.25) is 0 Å². The van der Waals surface area contributed by atoms with Crippen LogP contribution in [0.5, 0.6) is 0 Å². The second-order valence-electron chi connectivity index (χ2n) is 3.71. The second-order valence-corrected chi connectivity index (χ2v) is 3.71. The lowest BCUT2D eigenvalue weighted by Gasteiger charge is -2.23. The van der Waals surface area contributed by atoms with E-state index >= 15 is 0 Å². The van der Waals surface area contributed by atoms with Crippen molar-refractivity contribution >= 4 is 5.91 Å². The zero-order valence-electron chi connectivity index (χ0n) is 9.46. The van der Waals surface area contributed by atoms with Crippen molar-refractivity contribution < 1.29 is 22.4 Å². The number of carbonyl (C=O) groups excluding carboxylic acids is 1. The van der Waals surface area contributed by atoms with Crippen LogP contribution in [0.3, 0.4) is 0 Å². The summed E-state index contributed by atoms with van der Waals surface area (Å²) in [4.78, 5) is 12.6. The smallest absolute Gasteiger partial charge is 0.406 e. The molecule has 1 rings (SSSR count). The van der Waals surface area contributed by atoms with Crippen LogP contribution in [-0.4, -0.2) is 30.1 Å². The number of hydrogen-bond donors (Lipinski definition) is 0. The lowest BCUT2D eigenvalue weighted by atomic mass is 10.2. The largest absolute Gasteiger partial charge is 0.472 e. The number of halogens is 3. The molecule has 0 unspecified atom stereocenters. The third-order valence-corrected chi connectivity index (χ3v) is 2.21. The molecular weight excluding hydrogens is 235 g/mol. The number of alkyl halides is 3. The highest BCUT2D eigenvalue weighted by Crippen LogP contribution is 2.18. The van der Waals surface area contributed by atoms with Crippen molar-refractivity contribution in [3.8, 4) is 0 Å². The van der Waals surface area contributed by atoms with Crippen molar-refractivity contribution in [2.45, 2.75) is 25.9 Å². The van der Waals surface area contributed by atoms with E-state index in [4.69, 9.17) is 4.42 Å². The van der Waals surface area contributed by atoms with Gasteiger partial charge in [0.15, 0.2) is 0 Å². The molecule has 0 aliphatic rings. The highest BCUT2D eigenvalue weighted by Gasteiger charge is 2.33. The third kappa shape index (κ3) is 4.50. The van der Waals surface area contributed by atoms with Crippen molar-refractivity contribution in [3.63, 3.8) is 0 Å². The molecule has 0 radical (unpaired) electrons. The summed E-state index contributed by atoms with van der Waals surface area (Å²) in [5, 5.41) is 0. The molecule has 1 amide bonds. The minimum Gasteiger partial charge on any atom is -0.472 e. The molecule has 1 heterocycles. The molecule has 0 aromatic carbocycles. The van der Waals surface area contributed by atoms with Crippen molar-refractivity contribution in [2.75, 3.05) is 13.1 Å². The van der Waals surface area contributed by atoms with Gasteiger partial charge in [0.25, 0.3) is 5.91 Å². The first-order valence-corrected chi connectivity index (χ1v) is 5.32. The Hall–Kier alpha value is -1.46. The molecule has 1 aromatic heterocycles. The van der Waals surface area contributed by atoms with Gasteiger partial charge in [-0.1, -0.05) is 13.3 Å². The van der Waals surface area contributed by atoms with E-state index in [2.05, 4.69) is 0 Å². The monoisotopic (exact) mass is 249 g/mol. The summed E-state index contributed by atoms with van der Waals surface area (Å²) in [6.45, 7) is 0.727. The topological polar surface area (TPSA) is 33.5 Å². The number of nitrogens with zero attached hydrogens (tertiary/aromatic N) is 1. The van der Waals surface area contributed by atoms with Gasteiger partial charge < -0.3 is 9.32 Å². The standard InChI is InChI=1S/C11H14F3NO2/c1-2-3-5-15(8-11(12,13)14)10(16)9-4-6-17-7-9/h4,6-7H,2-3,5,8H2,1H3. The highest BCUT2D eigenvalue weighted by atomic mass is 19.4. The van der Waals surface area contributed by atoms with Crippen molar-refractivity contribution in [3.05, 3.63) is 24.2 Å². The van der Waals surface area contributed by atoms with Crippen LogP contribution in [0.4, 0.5) is 13.2 Å². The Balaban J connectivity index is 2.72. The number of amides is 1. The van der Waals surface area contributed by atoms with Gasteiger partial charge in [-0.15, -0.1) is 0 Å². The molecule has 0 aliphatic heterocycles. The molecule has 0 saturated carbocycles. The normalized spacial score (nSPS) is 11.5. The van der Waals surface area contributed by atoms with Crippen LogP contribution < -0.4 is 0 Å². The van der Waals surface area contributed by atoms with Gasteiger partial charge >= 0.3 is 6.18 Å². The Bertz CT molecular complexity index is 346. The van der Waals surface area contributed by atoms with Gasteiger partial charge in [0.05, 0.1) is 11.8 Å². The van der Waals surface area contributed by atoms with Gasteiger partial charge in [0, 0.05) is 6.54 Å². The first-order valence-electron chi connectivity index (χ1n) is 5.32. The number of carbonyl (C=O) groups is 1. The van der Waals surface area contributed by atoms with Crippen LogP contribution in [0.25, 0.3) is 0 Å². The fraction of sp³-hybridized carbons (Fsp3) is 0.545. The number of hydrogen-bond acceptors (Lipinski definition) is 2. The van der Waals surface area contributed by atoms with Crippen LogP contribution in [0.1, 0.15) is 30.1 Å². The molecule has 0 spiro atoms. The molecular formula is C11H14F3NO2. The molecule has 0 atom stereocenters. The van der Waals surface area contributed by atoms with Crippen LogP contribution in [0.15, 0.2) is 23.0 Å². The Morgan fingerprint density at radius 2 is 2.18 bits per heavy atom. The van der Waals surface area contributed by atoms with Crippen molar-refractivity contribution in [1.29, 1.82) is 0 Å². The first kappa shape index (κ1) is 13.6. The third-order valence-electron chi connectivity index (χ3n) is 2.21. The average Bonchev–Trinajstić information content (AvgIpc) is 2.74. The SMILES string of the molecule is CCCCN(CC(F)(F)F)C(=O)c1ccoc1. The minimum absolute atomic E-state index is 0.0972. The van der Waals surface area contributed by atoms with Gasteiger partial charge in [-0.2, -0.15) is 13.2 Å². The molecule has 17 heavy (non-hydrogen) atoms. The Labute approximate surface area is 97.2 Å². The van der Waals surface area contributed by atoms with E-state index in [0.29, 0.717) is 6.42 Å². The quantitative estimate of drug-likeness (QED) is 0.803. The Morgan fingerprint density at radius 1 is 1.47 bits per heavy atom. The maximum atomic E-state index is 12.3. The fourth-order valence-corrected chi connectivity index (χ4v) is 1.39. The van der Waals surface area contributed by atoms with E-state index in [9.17, 15) is 18.0 Å². The van der Waals surface area contributed by atoms with E-state index in [1.54, 1.807) is 0 Å². The van der Waals surface area contributed by atoms with E-state index in [1.807, 2.05) is 6.92 Å². The second kappa shape index (κ2) is 5.75. The van der Waals surface area contributed by atoms with Crippen LogP contribution in [-0.2, 0) is 0 Å². The number of furan rings is 1. The predicted octanol–water partition coefficient (Wildman–Crippen LogP) is 3.08. The molecule has 1 aromatic rings. The minimum atomic E-state index is -4.38. The van der Waals surface area contributed by atoms with Crippen LogP contribution >= 0.6 is 0 Å². The summed E-state index contributed by atoms with van der Waals surface area (Å²) in [6, 6.07) is 1.36. The highest BCUT2D eigenvalue weighted by molar-refractivity contribution is 5.93. The zero-order chi connectivity index (χ0) is 12.9. The van der Waals surface area contributed by atoms with Gasteiger partial charge in [-0.05, 0) is 12.5 Å². The first-order chi connectivity index (χ1) is 7.94. The summed E-state index contributed by atoms with van der Waals surface area (Å²) in [6.07, 6.45) is -0.698. The number of unbranched alkanes of at least 4 members (excludes halogenated alkanes) is 1.